The number of hydrogen-bond acceptors (Lipinski definition) is 4. The molecule has 0 saturated heterocycles. The van der Waals surface area contributed by atoms with Gasteiger partial charge in [-0.15, -0.1) is 0 Å². The van der Waals surface area contributed by atoms with Gasteiger partial charge in [0.05, 0.1) is 21.6 Å². The van der Waals surface area contributed by atoms with Crippen LogP contribution in [0.4, 0.5) is 5.69 Å². The summed E-state index contributed by atoms with van der Waals surface area (Å²) in [6.07, 6.45) is 0.879. The lowest BCUT2D eigenvalue weighted by atomic mass is 10.0. The lowest BCUT2D eigenvalue weighted by molar-refractivity contribution is 0.601. The van der Waals surface area contributed by atoms with Crippen molar-refractivity contribution in [3.8, 4) is 0 Å². The van der Waals surface area contributed by atoms with Crippen LogP contribution in [0, 0.1) is 12.8 Å². The molecule has 0 aliphatic rings. The second-order valence-electron chi connectivity index (χ2n) is 7.73. The van der Waals surface area contributed by atoms with Gasteiger partial charge in [-0.1, -0.05) is 26.0 Å². The highest BCUT2D eigenvalue weighted by Crippen LogP contribution is 2.25. The highest BCUT2D eigenvalue weighted by atomic mass is 32.2. The van der Waals surface area contributed by atoms with Gasteiger partial charge in [0, 0.05) is 14.1 Å². The maximum Gasteiger partial charge on any atom is 0.316 e. The van der Waals surface area contributed by atoms with Crippen LogP contribution in [0.3, 0.4) is 0 Å². The number of hydrogen-bond donors (Lipinski definition) is 1. The summed E-state index contributed by atoms with van der Waals surface area (Å²) in [5.74, 6) is 0.485. The van der Waals surface area contributed by atoms with E-state index in [9.17, 15) is 18.0 Å². The molecular formula is C21H25N3O4S. The van der Waals surface area contributed by atoms with E-state index < -0.39 is 21.1 Å². The molecule has 0 fully saturated rings. The molecule has 0 atom stereocenters. The van der Waals surface area contributed by atoms with Gasteiger partial charge in [-0.3, -0.25) is 14.3 Å². The average Bonchev–Trinajstić information content (AvgIpc) is 2.65. The van der Waals surface area contributed by atoms with Gasteiger partial charge in [-0.2, -0.15) is 0 Å². The largest absolute Gasteiger partial charge is 0.316 e. The fraction of sp³-hybridized carbons (Fsp3) is 0.333. The Hall–Kier alpha value is -2.87. The zero-order valence-corrected chi connectivity index (χ0v) is 18.0. The number of rotatable bonds is 5. The predicted octanol–water partition coefficient (Wildman–Crippen LogP) is 2.54. The van der Waals surface area contributed by atoms with Crippen molar-refractivity contribution in [2.45, 2.75) is 32.1 Å². The number of sulfonamides is 1. The summed E-state index contributed by atoms with van der Waals surface area (Å²) in [5.41, 5.74) is 1.80. The van der Waals surface area contributed by atoms with E-state index in [1.807, 2.05) is 12.1 Å². The summed E-state index contributed by atoms with van der Waals surface area (Å²) in [4.78, 5) is 24.3. The van der Waals surface area contributed by atoms with Gasteiger partial charge in [-0.05, 0) is 54.7 Å². The van der Waals surface area contributed by atoms with Gasteiger partial charge in [0.15, 0.2) is 0 Å². The minimum absolute atomic E-state index is 0.166. The summed E-state index contributed by atoms with van der Waals surface area (Å²) in [7, 11) is -0.782. The molecule has 1 aromatic heterocycles. The van der Waals surface area contributed by atoms with E-state index in [1.54, 1.807) is 31.2 Å². The number of fused-ring (bicyclic) bond motifs is 1. The number of nitrogens with zero attached hydrogens (tertiary/aromatic N) is 2. The second-order valence-corrected chi connectivity index (χ2v) is 9.41. The second kappa shape index (κ2) is 7.51. The topological polar surface area (TPSA) is 90.2 Å². The molecule has 0 spiro atoms. The molecule has 0 unspecified atom stereocenters. The first kappa shape index (κ1) is 20.9. The smallest absolute Gasteiger partial charge is 0.305 e. The standard InChI is InChI=1S/C21H25N3O4S/c1-13(2)10-15-6-8-16(9-7-15)29(27,28)22-17-12-19-18(11-14(17)3)23(4)20(25)21(26)24(19)5/h6-9,11-13,22H,10H2,1-5H3. The van der Waals surface area contributed by atoms with Crippen LogP contribution in [0.1, 0.15) is 25.0 Å². The zero-order chi connectivity index (χ0) is 21.5. The van der Waals surface area contributed by atoms with Gasteiger partial charge >= 0.3 is 11.1 Å². The van der Waals surface area contributed by atoms with Crippen molar-refractivity contribution in [1.29, 1.82) is 0 Å². The van der Waals surface area contributed by atoms with Crippen molar-refractivity contribution in [3.63, 3.8) is 0 Å². The lowest BCUT2D eigenvalue weighted by Crippen LogP contribution is -2.39. The first-order valence-electron chi connectivity index (χ1n) is 9.33. The number of nitrogens with one attached hydrogen (secondary N) is 1. The molecule has 0 saturated carbocycles. The van der Waals surface area contributed by atoms with Crippen molar-refractivity contribution in [3.05, 3.63) is 68.2 Å². The number of aryl methyl sites for hydroxylation is 3. The number of aromatic nitrogens is 2. The molecule has 0 aliphatic heterocycles. The molecule has 3 aromatic rings. The molecule has 8 heteroatoms. The molecule has 3 rings (SSSR count). The van der Waals surface area contributed by atoms with E-state index >= 15 is 0 Å². The molecular weight excluding hydrogens is 390 g/mol. The fourth-order valence-electron chi connectivity index (χ4n) is 3.31. The zero-order valence-electron chi connectivity index (χ0n) is 17.2. The molecule has 1 heterocycles. The minimum Gasteiger partial charge on any atom is -0.305 e. The van der Waals surface area contributed by atoms with Gasteiger partial charge in [0.2, 0.25) is 0 Å². The Labute approximate surface area is 169 Å². The fourth-order valence-corrected chi connectivity index (χ4v) is 4.44. The van der Waals surface area contributed by atoms with Crippen LogP contribution >= 0.6 is 0 Å². The molecule has 0 aliphatic carbocycles. The molecule has 29 heavy (non-hydrogen) atoms. The first-order valence-corrected chi connectivity index (χ1v) is 10.8. The van der Waals surface area contributed by atoms with E-state index in [0.717, 1.165) is 12.0 Å². The van der Waals surface area contributed by atoms with Crippen LogP contribution in [0.5, 0.6) is 0 Å². The van der Waals surface area contributed by atoms with Crippen LogP contribution < -0.4 is 15.8 Å². The predicted molar refractivity (Wildman–Crippen MR) is 115 cm³/mol. The highest BCUT2D eigenvalue weighted by molar-refractivity contribution is 7.92. The Kier molecular flexibility index (Phi) is 5.40. The van der Waals surface area contributed by atoms with Crippen molar-refractivity contribution in [2.24, 2.45) is 20.0 Å². The summed E-state index contributed by atoms with van der Waals surface area (Å²) < 4.78 is 30.8. The molecule has 7 nitrogen and oxygen atoms in total. The molecule has 0 amide bonds. The van der Waals surface area contributed by atoms with E-state index in [4.69, 9.17) is 0 Å². The number of anilines is 1. The summed E-state index contributed by atoms with van der Waals surface area (Å²) in [6.45, 7) is 5.97. The number of benzene rings is 2. The summed E-state index contributed by atoms with van der Waals surface area (Å²) in [6, 6.07) is 10.1. The van der Waals surface area contributed by atoms with Crippen LogP contribution in [0.2, 0.25) is 0 Å². The van der Waals surface area contributed by atoms with Crippen LogP contribution in [0.15, 0.2) is 50.9 Å². The molecule has 0 bridgehead atoms. The van der Waals surface area contributed by atoms with E-state index in [0.29, 0.717) is 28.2 Å². The maximum absolute atomic E-state index is 12.9. The van der Waals surface area contributed by atoms with E-state index in [-0.39, 0.29) is 4.90 Å². The van der Waals surface area contributed by atoms with Gasteiger partial charge in [0.25, 0.3) is 10.0 Å². The first-order chi connectivity index (χ1) is 13.5. The quantitative estimate of drug-likeness (QED) is 0.649. The van der Waals surface area contributed by atoms with Crippen molar-refractivity contribution >= 4 is 26.7 Å². The van der Waals surface area contributed by atoms with Gasteiger partial charge in [-0.25, -0.2) is 8.42 Å². The highest BCUT2D eigenvalue weighted by Gasteiger charge is 2.17. The normalized spacial score (nSPS) is 11.9. The van der Waals surface area contributed by atoms with Crippen LogP contribution in [0.25, 0.3) is 11.0 Å². The monoisotopic (exact) mass is 415 g/mol. The Morgan fingerprint density at radius 2 is 1.45 bits per heavy atom. The molecule has 1 N–H and O–H groups in total. The van der Waals surface area contributed by atoms with Crippen molar-refractivity contribution in [2.75, 3.05) is 4.72 Å². The van der Waals surface area contributed by atoms with Crippen molar-refractivity contribution in [1.82, 2.24) is 9.13 Å². The molecule has 154 valence electrons. The Morgan fingerprint density at radius 1 is 0.931 bits per heavy atom. The molecule has 0 radical (unpaired) electrons. The Balaban J connectivity index is 2.04. The third-order valence-corrected chi connectivity index (χ3v) is 6.34. The maximum atomic E-state index is 12.9. The lowest BCUT2D eigenvalue weighted by Gasteiger charge is -2.15. The Morgan fingerprint density at radius 3 is 1.97 bits per heavy atom. The summed E-state index contributed by atoms with van der Waals surface area (Å²) in [5, 5.41) is 0. The minimum atomic E-state index is -3.80. The van der Waals surface area contributed by atoms with Gasteiger partial charge in [0.1, 0.15) is 0 Å². The third-order valence-electron chi connectivity index (χ3n) is 4.96. The molecule has 2 aromatic carbocycles. The van der Waals surface area contributed by atoms with Crippen LogP contribution in [-0.4, -0.2) is 17.6 Å². The summed E-state index contributed by atoms with van der Waals surface area (Å²) >= 11 is 0. The van der Waals surface area contributed by atoms with Gasteiger partial charge < -0.3 is 9.13 Å². The van der Waals surface area contributed by atoms with E-state index in [1.165, 1.54) is 23.2 Å². The van der Waals surface area contributed by atoms with E-state index in [2.05, 4.69) is 18.6 Å². The third kappa shape index (κ3) is 3.98. The Bertz CT molecular complexity index is 1300. The SMILES string of the molecule is Cc1cc2c(cc1NS(=O)(=O)c1ccc(CC(C)C)cc1)n(C)c(=O)c(=O)n2C. The van der Waals surface area contributed by atoms with Crippen molar-refractivity contribution < 1.29 is 8.42 Å². The average molecular weight is 416 g/mol. The van der Waals surface area contributed by atoms with Crippen LogP contribution in [-0.2, 0) is 30.5 Å².